The second kappa shape index (κ2) is 29.8. The Morgan fingerprint density at radius 3 is 1.65 bits per heavy atom. The van der Waals surface area contributed by atoms with E-state index in [-0.39, 0.29) is 12.3 Å². The van der Waals surface area contributed by atoms with Crippen molar-refractivity contribution in [1.29, 1.82) is 0 Å². The highest BCUT2D eigenvalue weighted by Gasteiger charge is 2.24. The minimum Gasteiger partial charge on any atom is -0.387 e. The highest BCUT2D eigenvalue weighted by atomic mass is 32.2. The smallest absolute Gasteiger partial charge is 0.267 e. The molecule has 246 valence electrons. The zero-order valence-corrected chi connectivity index (χ0v) is 27.9. The molecule has 0 bridgehead atoms. The number of rotatable bonds is 28. The van der Waals surface area contributed by atoms with Crippen LogP contribution in [0.1, 0.15) is 129 Å². The van der Waals surface area contributed by atoms with Crippen LogP contribution in [-0.2, 0) is 14.9 Å². The van der Waals surface area contributed by atoms with Crippen LogP contribution in [0.25, 0.3) is 0 Å². The number of aliphatic hydroxyl groups is 1. The molecular formula is C36H61NO5S. The maximum absolute atomic E-state index is 12.4. The van der Waals surface area contributed by atoms with Crippen LogP contribution in [0.15, 0.2) is 72.9 Å². The fourth-order valence-electron chi connectivity index (χ4n) is 4.41. The Labute approximate surface area is 264 Å². The van der Waals surface area contributed by atoms with Crippen molar-refractivity contribution in [2.24, 2.45) is 0 Å². The predicted octanol–water partition coefficient (Wildman–Crippen LogP) is 9.12. The maximum atomic E-state index is 12.4. The zero-order valence-electron chi connectivity index (χ0n) is 27.0. The highest BCUT2D eigenvalue weighted by molar-refractivity contribution is 7.85. The summed E-state index contributed by atoms with van der Waals surface area (Å²) < 4.78 is 32.2. The van der Waals surface area contributed by atoms with E-state index >= 15 is 0 Å². The van der Waals surface area contributed by atoms with Gasteiger partial charge in [0.1, 0.15) is 0 Å². The van der Waals surface area contributed by atoms with Gasteiger partial charge in [-0.2, -0.15) is 8.42 Å². The second-order valence-corrected chi connectivity index (χ2v) is 12.6. The largest absolute Gasteiger partial charge is 0.387 e. The van der Waals surface area contributed by atoms with Gasteiger partial charge >= 0.3 is 0 Å². The quantitative estimate of drug-likeness (QED) is 0.0460. The van der Waals surface area contributed by atoms with Gasteiger partial charge in [-0.05, 0) is 64.2 Å². The van der Waals surface area contributed by atoms with E-state index in [1.54, 1.807) is 0 Å². The predicted molar refractivity (Wildman–Crippen MR) is 184 cm³/mol. The van der Waals surface area contributed by atoms with Crippen molar-refractivity contribution in [1.82, 2.24) is 5.32 Å². The molecule has 3 N–H and O–H groups in total. The summed E-state index contributed by atoms with van der Waals surface area (Å²) in [5, 5.41) is 13.1. The van der Waals surface area contributed by atoms with Gasteiger partial charge in [-0.15, -0.1) is 0 Å². The third-order valence-corrected chi connectivity index (χ3v) is 7.67. The van der Waals surface area contributed by atoms with Gasteiger partial charge in [-0.3, -0.25) is 9.35 Å². The molecule has 2 atom stereocenters. The molecule has 0 aromatic carbocycles. The van der Waals surface area contributed by atoms with Gasteiger partial charge in [0.15, 0.2) is 0 Å². The molecule has 0 fully saturated rings. The second-order valence-electron chi connectivity index (χ2n) is 11.1. The molecule has 1 amide bonds. The Morgan fingerprint density at radius 1 is 0.651 bits per heavy atom. The van der Waals surface area contributed by atoms with Crippen LogP contribution < -0.4 is 5.32 Å². The topological polar surface area (TPSA) is 104 Å². The van der Waals surface area contributed by atoms with Crippen molar-refractivity contribution in [3.63, 3.8) is 0 Å². The standard InChI is InChI=1S/C36H61NO5S/c1-3-5-7-9-11-13-14-15-16-17-18-19-20-21-22-24-26-28-30-32-36(39)37-34(33-43(40,41)42)35(38)31-29-27-25-23-12-10-8-6-4-2/h5,7,11,13,15-16,18-19,21-22,29,31,34-35,38H,3-4,6,8-10,12,14,17,20,23-28,30,32-33H2,1-2H3,(H,37,39)(H,40,41,42)/b7-5-,13-11-,16-15-,19-18-,22-21-,31-29+. The number of amides is 1. The number of nitrogens with one attached hydrogen (secondary N) is 1. The molecule has 0 aromatic rings. The lowest BCUT2D eigenvalue weighted by molar-refractivity contribution is -0.122. The summed E-state index contributed by atoms with van der Waals surface area (Å²) in [6, 6.07) is -1.07. The number of hydrogen-bond acceptors (Lipinski definition) is 4. The van der Waals surface area contributed by atoms with Gasteiger partial charge in [-0.25, -0.2) is 0 Å². The SMILES string of the molecule is CC/C=C\C/C=C\C/C=C\C/C=C\C/C=C\CCCCCC(=O)NC(CS(=O)(=O)O)C(O)/C=C/CCCCCCCCC. The average Bonchev–Trinajstić information content (AvgIpc) is 2.96. The van der Waals surface area contributed by atoms with Crippen LogP contribution >= 0.6 is 0 Å². The lowest BCUT2D eigenvalue weighted by Crippen LogP contribution is -2.46. The van der Waals surface area contributed by atoms with Crippen molar-refractivity contribution in [2.45, 2.75) is 142 Å². The first kappa shape index (κ1) is 40.8. The van der Waals surface area contributed by atoms with Gasteiger partial charge in [0, 0.05) is 6.42 Å². The molecule has 0 heterocycles. The summed E-state index contributed by atoms with van der Waals surface area (Å²) in [5.41, 5.74) is 0. The van der Waals surface area contributed by atoms with Gasteiger partial charge < -0.3 is 10.4 Å². The third kappa shape index (κ3) is 31.0. The van der Waals surface area contributed by atoms with E-state index in [2.05, 4.69) is 79.9 Å². The van der Waals surface area contributed by atoms with E-state index in [1.165, 1.54) is 38.2 Å². The van der Waals surface area contributed by atoms with Crippen molar-refractivity contribution in [3.05, 3.63) is 72.9 Å². The first-order valence-corrected chi connectivity index (χ1v) is 18.2. The minimum absolute atomic E-state index is 0.252. The van der Waals surface area contributed by atoms with Crippen LogP contribution in [0.2, 0.25) is 0 Å². The summed E-state index contributed by atoms with van der Waals surface area (Å²) >= 11 is 0. The maximum Gasteiger partial charge on any atom is 0.267 e. The molecule has 0 saturated carbocycles. The highest BCUT2D eigenvalue weighted by Crippen LogP contribution is 2.10. The third-order valence-electron chi connectivity index (χ3n) is 6.89. The lowest BCUT2D eigenvalue weighted by atomic mass is 10.1. The summed E-state index contributed by atoms with van der Waals surface area (Å²) in [4.78, 5) is 12.4. The van der Waals surface area contributed by atoms with Crippen LogP contribution in [0.5, 0.6) is 0 Å². The molecule has 2 unspecified atom stereocenters. The lowest BCUT2D eigenvalue weighted by Gasteiger charge is -2.21. The van der Waals surface area contributed by atoms with Gasteiger partial charge in [0.2, 0.25) is 5.91 Å². The fourth-order valence-corrected chi connectivity index (χ4v) is 5.15. The molecule has 0 rings (SSSR count). The van der Waals surface area contributed by atoms with E-state index in [9.17, 15) is 22.9 Å². The number of unbranched alkanes of at least 4 members (excludes halogenated alkanes) is 10. The Hall–Kier alpha value is -2.22. The number of hydrogen-bond donors (Lipinski definition) is 3. The van der Waals surface area contributed by atoms with Crippen molar-refractivity contribution in [3.8, 4) is 0 Å². The summed E-state index contributed by atoms with van der Waals surface area (Å²) in [7, 11) is -4.35. The van der Waals surface area contributed by atoms with Gasteiger partial charge in [0.05, 0.1) is 17.9 Å². The summed E-state index contributed by atoms with van der Waals surface area (Å²) in [5.74, 6) is -1.03. The molecule has 7 heteroatoms. The average molecular weight is 620 g/mol. The normalized spacial score (nSPS) is 14.4. The molecule has 0 aliphatic heterocycles. The number of allylic oxidation sites excluding steroid dienone is 11. The van der Waals surface area contributed by atoms with E-state index in [0.717, 1.165) is 70.6 Å². The molecular weight excluding hydrogens is 558 g/mol. The molecule has 0 saturated heterocycles. The number of aliphatic hydroxyl groups excluding tert-OH is 1. The van der Waals surface area contributed by atoms with Crippen molar-refractivity contribution < 1.29 is 22.9 Å². The first-order valence-electron chi connectivity index (χ1n) is 16.6. The van der Waals surface area contributed by atoms with Crippen LogP contribution in [0, 0.1) is 0 Å². The number of carbonyl (C=O) groups excluding carboxylic acids is 1. The summed E-state index contributed by atoms with van der Waals surface area (Å²) in [6.45, 7) is 4.34. The van der Waals surface area contributed by atoms with Crippen molar-refractivity contribution >= 4 is 16.0 Å². The molecule has 0 aliphatic rings. The van der Waals surface area contributed by atoms with Crippen LogP contribution in [-0.4, -0.2) is 41.9 Å². The van der Waals surface area contributed by atoms with Crippen molar-refractivity contribution in [2.75, 3.05) is 5.75 Å². The van der Waals surface area contributed by atoms with E-state index in [0.29, 0.717) is 6.42 Å². The fraction of sp³-hybridized carbons (Fsp3) is 0.639. The van der Waals surface area contributed by atoms with E-state index in [4.69, 9.17) is 0 Å². The monoisotopic (exact) mass is 619 g/mol. The Balaban J connectivity index is 4.11. The molecule has 0 radical (unpaired) electrons. The molecule has 43 heavy (non-hydrogen) atoms. The molecule has 6 nitrogen and oxygen atoms in total. The van der Waals surface area contributed by atoms with Gasteiger partial charge in [0.25, 0.3) is 10.1 Å². The van der Waals surface area contributed by atoms with E-state index < -0.39 is 28.0 Å². The Kier molecular flexibility index (Phi) is 28.3. The summed E-state index contributed by atoms with van der Waals surface area (Å²) in [6.07, 6.45) is 41.7. The molecule has 0 aromatic heterocycles. The molecule has 0 aliphatic carbocycles. The zero-order chi connectivity index (χ0) is 31.9. The molecule has 0 spiro atoms. The van der Waals surface area contributed by atoms with Crippen LogP contribution in [0.3, 0.4) is 0 Å². The Bertz CT molecular complexity index is 947. The van der Waals surface area contributed by atoms with E-state index in [1.807, 2.05) is 6.08 Å². The number of carbonyl (C=O) groups is 1. The first-order chi connectivity index (χ1) is 20.8. The van der Waals surface area contributed by atoms with Gasteiger partial charge in [-0.1, -0.05) is 132 Å². The minimum atomic E-state index is -4.35. The van der Waals surface area contributed by atoms with Crippen LogP contribution in [0.4, 0.5) is 0 Å². The Morgan fingerprint density at radius 2 is 1.12 bits per heavy atom.